The molecule has 7 heteroatoms. The molecule has 1 aromatic carbocycles. The van der Waals surface area contributed by atoms with Gasteiger partial charge in [-0.1, -0.05) is 27.2 Å². The summed E-state index contributed by atoms with van der Waals surface area (Å²) in [5.41, 5.74) is -0.694. The number of H-pyrrole nitrogens is 1. The van der Waals surface area contributed by atoms with Crippen molar-refractivity contribution in [3.63, 3.8) is 0 Å². The van der Waals surface area contributed by atoms with Crippen LogP contribution in [-0.4, -0.2) is 16.3 Å². The van der Waals surface area contributed by atoms with Crippen LogP contribution in [0.5, 0.6) is 5.75 Å². The molecule has 0 spiro atoms. The highest BCUT2D eigenvalue weighted by Crippen LogP contribution is 2.42. The molecule has 1 N–H and O–H groups in total. The third-order valence-electron chi connectivity index (χ3n) is 5.50. The number of aromatic nitrogens is 2. The van der Waals surface area contributed by atoms with Crippen molar-refractivity contribution in [2.24, 2.45) is 17.8 Å². The fourth-order valence-electron chi connectivity index (χ4n) is 3.93. The van der Waals surface area contributed by atoms with Gasteiger partial charge in [-0.3, -0.25) is 4.79 Å². The molecule has 3 rings (SSSR count). The first-order chi connectivity index (χ1) is 13.1. The number of benzene rings is 1. The van der Waals surface area contributed by atoms with Crippen LogP contribution >= 0.6 is 0 Å². The largest absolute Gasteiger partial charge is 0.489 e. The summed E-state index contributed by atoms with van der Waals surface area (Å²) >= 11 is 0. The normalized spacial score (nSPS) is 23.0. The van der Waals surface area contributed by atoms with Gasteiger partial charge in [-0.25, -0.2) is 5.10 Å². The van der Waals surface area contributed by atoms with Gasteiger partial charge in [-0.05, 0) is 54.9 Å². The van der Waals surface area contributed by atoms with Gasteiger partial charge in [-0.15, -0.1) is 0 Å². The average Bonchev–Trinajstić information content (AvgIpc) is 2.61. The zero-order chi connectivity index (χ0) is 20.5. The second-order valence-corrected chi connectivity index (χ2v) is 8.00. The Morgan fingerprint density at radius 1 is 1.18 bits per heavy atom. The van der Waals surface area contributed by atoms with Gasteiger partial charge in [0.25, 0.3) is 5.56 Å². The predicted molar refractivity (Wildman–Crippen MR) is 101 cm³/mol. The molecule has 1 heterocycles. The quantitative estimate of drug-likeness (QED) is 0.766. The Labute approximate surface area is 162 Å². The van der Waals surface area contributed by atoms with Gasteiger partial charge in [-0.2, -0.15) is 18.3 Å². The molecule has 3 atom stereocenters. The van der Waals surface area contributed by atoms with Gasteiger partial charge in [0.2, 0.25) is 0 Å². The van der Waals surface area contributed by atoms with Crippen LogP contribution in [0.4, 0.5) is 13.2 Å². The molecule has 0 amide bonds. The molecule has 2 aromatic rings. The van der Waals surface area contributed by atoms with Crippen molar-refractivity contribution >= 4 is 0 Å². The van der Waals surface area contributed by atoms with Crippen molar-refractivity contribution in [1.29, 1.82) is 0 Å². The van der Waals surface area contributed by atoms with Crippen molar-refractivity contribution in [1.82, 2.24) is 10.2 Å². The lowest BCUT2D eigenvalue weighted by molar-refractivity contribution is -0.139. The summed E-state index contributed by atoms with van der Waals surface area (Å²) in [6.45, 7) is 6.29. The highest BCUT2D eigenvalue weighted by molar-refractivity contribution is 5.62. The number of hydrogen-bond donors (Lipinski definition) is 1. The second-order valence-electron chi connectivity index (χ2n) is 8.00. The van der Waals surface area contributed by atoms with Crippen molar-refractivity contribution in [3.05, 3.63) is 46.2 Å². The van der Waals surface area contributed by atoms with E-state index < -0.39 is 17.3 Å². The fraction of sp³-hybridized carbons (Fsp3) is 0.524. The maximum atomic E-state index is 13.7. The monoisotopic (exact) mass is 394 g/mol. The van der Waals surface area contributed by atoms with Crippen LogP contribution in [0.1, 0.15) is 45.6 Å². The second kappa shape index (κ2) is 7.97. The molecule has 28 heavy (non-hydrogen) atoms. The van der Waals surface area contributed by atoms with E-state index in [1.54, 1.807) is 6.07 Å². The summed E-state index contributed by atoms with van der Waals surface area (Å²) in [4.78, 5) is 11.1. The first-order valence-electron chi connectivity index (χ1n) is 9.59. The third kappa shape index (κ3) is 4.56. The van der Waals surface area contributed by atoms with E-state index in [1.165, 1.54) is 18.2 Å². The summed E-state index contributed by atoms with van der Waals surface area (Å²) in [6.07, 6.45) is -2.00. The molecule has 1 fully saturated rings. The highest BCUT2D eigenvalue weighted by atomic mass is 19.4. The van der Waals surface area contributed by atoms with E-state index in [0.29, 0.717) is 11.8 Å². The number of nitrogens with one attached hydrogen (secondary N) is 1. The summed E-state index contributed by atoms with van der Waals surface area (Å²) in [5.74, 6) is 0.860. The fourth-order valence-corrected chi connectivity index (χ4v) is 3.93. The van der Waals surface area contributed by atoms with Gasteiger partial charge < -0.3 is 4.74 Å². The Hall–Kier alpha value is -2.31. The van der Waals surface area contributed by atoms with E-state index in [-0.39, 0.29) is 29.0 Å². The van der Waals surface area contributed by atoms with Gasteiger partial charge in [0.05, 0.1) is 11.3 Å². The van der Waals surface area contributed by atoms with Crippen LogP contribution < -0.4 is 10.3 Å². The van der Waals surface area contributed by atoms with E-state index >= 15 is 0 Å². The lowest BCUT2D eigenvalue weighted by Crippen LogP contribution is -2.36. The van der Waals surface area contributed by atoms with Crippen LogP contribution in [0.25, 0.3) is 11.3 Å². The Balaban J connectivity index is 1.96. The number of halogens is 3. The minimum atomic E-state index is -4.55. The number of nitrogens with zero attached hydrogens (tertiary/aromatic N) is 1. The standard InChI is InChI=1S/C21H25F3N2O2/c1-12(2)15-6-4-13(3)10-19(15)28-18-8-5-14(11-16(18)21(22,23)24)17-7-9-20(27)26-25-17/h5,7-9,11-13,15,19H,4,6,10H2,1-3H3,(H,26,27). The van der Waals surface area contributed by atoms with Crippen LogP contribution in [0.2, 0.25) is 0 Å². The maximum absolute atomic E-state index is 13.7. The van der Waals surface area contributed by atoms with E-state index in [9.17, 15) is 18.0 Å². The minimum absolute atomic E-state index is 0.148. The predicted octanol–water partition coefficient (Wildman–Crippen LogP) is 5.30. The molecule has 1 aliphatic carbocycles. The van der Waals surface area contributed by atoms with Crippen molar-refractivity contribution in [2.45, 2.75) is 52.3 Å². The first kappa shape index (κ1) is 20.4. The van der Waals surface area contributed by atoms with Crippen molar-refractivity contribution < 1.29 is 17.9 Å². The summed E-state index contributed by atoms with van der Waals surface area (Å²) in [6, 6.07) is 6.57. The van der Waals surface area contributed by atoms with Crippen LogP contribution in [0.15, 0.2) is 35.1 Å². The summed E-state index contributed by atoms with van der Waals surface area (Å²) < 4.78 is 47.2. The summed E-state index contributed by atoms with van der Waals surface area (Å²) in [5, 5.41) is 6.06. The zero-order valence-corrected chi connectivity index (χ0v) is 16.2. The third-order valence-corrected chi connectivity index (χ3v) is 5.50. The van der Waals surface area contributed by atoms with Crippen molar-refractivity contribution in [3.8, 4) is 17.0 Å². The molecule has 0 bridgehead atoms. The van der Waals surface area contributed by atoms with Crippen molar-refractivity contribution in [2.75, 3.05) is 0 Å². The number of ether oxygens (including phenoxy) is 1. The average molecular weight is 394 g/mol. The minimum Gasteiger partial charge on any atom is -0.489 e. The lowest BCUT2D eigenvalue weighted by Gasteiger charge is -2.37. The Morgan fingerprint density at radius 2 is 1.93 bits per heavy atom. The lowest BCUT2D eigenvalue weighted by atomic mass is 9.75. The molecule has 1 aromatic heterocycles. The number of alkyl halides is 3. The molecular weight excluding hydrogens is 369 g/mol. The molecule has 0 aliphatic heterocycles. The highest BCUT2D eigenvalue weighted by Gasteiger charge is 2.38. The Bertz CT molecular complexity index is 856. The van der Waals surface area contributed by atoms with Gasteiger partial charge >= 0.3 is 6.18 Å². The number of aromatic amines is 1. The maximum Gasteiger partial charge on any atom is 0.419 e. The zero-order valence-electron chi connectivity index (χ0n) is 16.2. The van der Waals surface area contributed by atoms with Gasteiger partial charge in [0.1, 0.15) is 11.9 Å². The van der Waals surface area contributed by atoms with E-state index in [4.69, 9.17) is 4.74 Å². The molecule has 1 saturated carbocycles. The number of rotatable bonds is 4. The van der Waals surface area contributed by atoms with Gasteiger partial charge in [0, 0.05) is 11.6 Å². The summed E-state index contributed by atoms with van der Waals surface area (Å²) in [7, 11) is 0. The van der Waals surface area contributed by atoms with E-state index in [0.717, 1.165) is 25.3 Å². The molecular formula is C21H25F3N2O2. The van der Waals surface area contributed by atoms with Crippen LogP contribution in [0.3, 0.4) is 0 Å². The molecule has 0 saturated heterocycles. The van der Waals surface area contributed by atoms with E-state index in [2.05, 4.69) is 31.0 Å². The Morgan fingerprint density at radius 3 is 2.54 bits per heavy atom. The molecule has 0 radical (unpaired) electrons. The number of hydrogen-bond acceptors (Lipinski definition) is 3. The SMILES string of the molecule is CC1CCC(C(C)C)C(Oc2ccc(-c3ccc(=O)[nH]n3)cc2C(F)(F)F)C1. The smallest absolute Gasteiger partial charge is 0.419 e. The molecule has 1 aliphatic rings. The molecule has 3 unspecified atom stereocenters. The van der Waals surface area contributed by atoms with Crippen LogP contribution in [-0.2, 0) is 6.18 Å². The first-order valence-corrected chi connectivity index (χ1v) is 9.59. The van der Waals surface area contributed by atoms with Gasteiger partial charge in [0.15, 0.2) is 0 Å². The Kier molecular flexibility index (Phi) is 5.82. The molecule has 152 valence electrons. The molecule has 4 nitrogen and oxygen atoms in total. The van der Waals surface area contributed by atoms with E-state index in [1.807, 2.05) is 0 Å². The topological polar surface area (TPSA) is 55.0 Å². The van der Waals surface area contributed by atoms with Crippen LogP contribution in [0, 0.1) is 17.8 Å².